The first-order valence-electron chi connectivity index (χ1n) is 6.28. The minimum absolute atomic E-state index is 0.371. The Morgan fingerprint density at radius 1 is 1.16 bits per heavy atom. The molecule has 2 aromatic rings. The zero-order valence-corrected chi connectivity index (χ0v) is 12.2. The fourth-order valence-electron chi connectivity index (χ4n) is 2.13. The Morgan fingerprint density at radius 2 is 1.79 bits per heavy atom. The molecule has 19 heavy (non-hydrogen) atoms. The van der Waals surface area contributed by atoms with Crippen molar-refractivity contribution in [3.05, 3.63) is 23.4 Å². The van der Waals surface area contributed by atoms with Gasteiger partial charge >= 0.3 is 7.12 Å². The summed E-state index contributed by atoms with van der Waals surface area (Å²) < 4.78 is 12.0. The number of rotatable bonds is 1. The van der Waals surface area contributed by atoms with Crippen LogP contribution in [0.25, 0.3) is 10.9 Å². The molecule has 1 aliphatic rings. The van der Waals surface area contributed by atoms with Crippen LogP contribution in [0.2, 0.25) is 5.02 Å². The van der Waals surface area contributed by atoms with Crippen LogP contribution >= 0.6 is 11.6 Å². The average Bonchev–Trinajstić information content (AvgIpc) is 2.80. The maximum absolute atomic E-state index is 6.32. The maximum Gasteiger partial charge on any atom is 0.496 e. The largest absolute Gasteiger partial charge is 0.496 e. The summed E-state index contributed by atoms with van der Waals surface area (Å²) in [5.74, 6) is 0. The van der Waals surface area contributed by atoms with Crippen LogP contribution in [-0.2, 0) is 9.31 Å². The molecule has 1 saturated heterocycles. The first-order chi connectivity index (χ1) is 8.80. The van der Waals surface area contributed by atoms with Crippen LogP contribution < -0.4 is 5.46 Å². The molecular formula is C13H16BClN2O2. The second kappa shape index (κ2) is 3.98. The van der Waals surface area contributed by atoms with Crippen molar-refractivity contribution in [2.24, 2.45) is 0 Å². The Hall–Kier alpha value is -1.04. The molecule has 2 heterocycles. The zero-order chi connectivity index (χ0) is 13.8. The highest BCUT2D eigenvalue weighted by Crippen LogP contribution is 2.37. The lowest BCUT2D eigenvalue weighted by Gasteiger charge is -2.32. The number of halogens is 1. The lowest BCUT2D eigenvalue weighted by Crippen LogP contribution is -2.41. The van der Waals surface area contributed by atoms with Crippen LogP contribution in [0.15, 0.2) is 18.3 Å². The van der Waals surface area contributed by atoms with Gasteiger partial charge in [0.25, 0.3) is 0 Å². The predicted octanol–water partition coefficient (Wildman–Crippen LogP) is 2.52. The van der Waals surface area contributed by atoms with E-state index in [-0.39, 0.29) is 11.2 Å². The molecular weight excluding hydrogens is 262 g/mol. The maximum atomic E-state index is 6.32. The molecule has 0 spiro atoms. The highest BCUT2D eigenvalue weighted by atomic mass is 35.5. The van der Waals surface area contributed by atoms with E-state index in [1.165, 1.54) is 0 Å². The van der Waals surface area contributed by atoms with E-state index >= 15 is 0 Å². The summed E-state index contributed by atoms with van der Waals surface area (Å²) in [5, 5.41) is 8.54. The zero-order valence-electron chi connectivity index (χ0n) is 11.5. The van der Waals surface area contributed by atoms with Gasteiger partial charge in [0.05, 0.1) is 22.9 Å². The van der Waals surface area contributed by atoms with Gasteiger partial charge in [0, 0.05) is 15.9 Å². The van der Waals surface area contributed by atoms with Crippen molar-refractivity contribution in [2.75, 3.05) is 0 Å². The first-order valence-corrected chi connectivity index (χ1v) is 6.66. The molecule has 1 N–H and O–H groups in total. The van der Waals surface area contributed by atoms with Gasteiger partial charge in [0.15, 0.2) is 0 Å². The lowest BCUT2D eigenvalue weighted by molar-refractivity contribution is 0.00578. The van der Waals surface area contributed by atoms with Crippen molar-refractivity contribution in [3.8, 4) is 0 Å². The Bertz CT molecular complexity index is 623. The molecule has 4 nitrogen and oxygen atoms in total. The molecule has 1 aromatic carbocycles. The number of fused-ring (bicyclic) bond motifs is 1. The second-order valence-corrected chi connectivity index (χ2v) is 6.33. The average molecular weight is 279 g/mol. The molecule has 1 aromatic heterocycles. The summed E-state index contributed by atoms with van der Waals surface area (Å²) in [6.07, 6.45) is 1.75. The van der Waals surface area contributed by atoms with Crippen LogP contribution in [0.1, 0.15) is 27.7 Å². The van der Waals surface area contributed by atoms with Crippen LogP contribution in [-0.4, -0.2) is 28.5 Å². The number of aromatic nitrogens is 2. The molecule has 0 saturated carbocycles. The third-order valence-corrected chi connectivity index (χ3v) is 4.39. The predicted molar refractivity (Wildman–Crippen MR) is 76.8 cm³/mol. The van der Waals surface area contributed by atoms with Gasteiger partial charge in [0.1, 0.15) is 0 Å². The standard InChI is InChI=1S/C13H16BClN2O2/c1-12(2)13(3,4)19-14(18-12)9-6-11-8(5-10(9)15)7-16-17-11/h5-7H,1-4H3,(H,16,17). The fourth-order valence-corrected chi connectivity index (χ4v) is 2.39. The Morgan fingerprint density at radius 3 is 2.42 bits per heavy atom. The smallest absolute Gasteiger partial charge is 0.399 e. The van der Waals surface area contributed by atoms with Crippen molar-refractivity contribution < 1.29 is 9.31 Å². The summed E-state index contributed by atoms with van der Waals surface area (Å²) in [6.45, 7) is 8.09. The van der Waals surface area contributed by atoms with E-state index in [4.69, 9.17) is 20.9 Å². The second-order valence-electron chi connectivity index (χ2n) is 5.92. The van der Waals surface area contributed by atoms with E-state index in [0.29, 0.717) is 5.02 Å². The first kappa shape index (κ1) is 13.0. The van der Waals surface area contributed by atoms with Gasteiger partial charge in [0.2, 0.25) is 0 Å². The normalized spacial score (nSPS) is 21.2. The van der Waals surface area contributed by atoms with Crippen molar-refractivity contribution in [1.29, 1.82) is 0 Å². The Kier molecular flexibility index (Phi) is 2.72. The molecule has 0 radical (unpaired) electrons. The summed E-state index contributed by atoms with van der Waals surface area (Å²) in [4.78, 5) is 0. The van der Waals surface area contributed by atoms with E-state index in [9.17, 15) is 0 Å². The number of benzene rings is 1. The summed E-state index contributed by atoms with van der Waals surface area (Å²) in [5.41, 5.74) is 1.01. The third-order valence-electron chi connectivity index (χ3n) is 4.06. The van der Waals surface area contributed by atoms with Gasteiger partial charge < -0.3 is 9.31 Å². The van der Waals surface area contributed by atoms with Gasteiger partial charge in [-0.3, -0.25) is 5.10 Å². The van der Waals surface area contributed by atoms with Crippen molar-refractivity contribution in [2.45, 2.75) is 38.9 Å². The topological polar surface area (TPSA) is 47.1 Å². The van der Waals surface area contributed by atoms with Gasteiger partial charge in [-0.05, 0) is 39.8 Å². The Labute approximate surface area is 117 Å². The molecule has 0 amide bonds. The monoisotopic (exact) mass is 278 g/mol. The highest BCUT2D eigenvalue weighted by Gasteiger charge is 2.52. The van der Waals surface area contributed by atoms with Gasteiger partial charge in [-0.15, -0.1) is 0 Å². The van der Waals surface area contributed by atoms with Gasteiger partial charge in [-0.1, -0.05) is 11.6 Å². The van der Waals surface area contributed by atoms with Crippen LogP contribution in [0.5, 0.6) is 0 Å². The van der Waals surface area contributed by atoms with Crippen LogP contribution in [0.4, 0.5) is 0 Å². The molecule has 0 atom stereocenters. The van der Waals surface area contributed by atoms with Crippen molar-refractivity contribution in [3.63, 3.8) is 0 Å². The molecule has 1 aliphatic heterocycles. The minimum atomic E-state index is -0.454. The van der Waals surface area contributed by atoms with E-state index in [0.717, 1.165) is 16.4 Å². The summed E-state index contributed by atoms with van der Waals surface area (Å²) in [7, 11) is -0.454. The number of nitrogens with zero attached hydrogens (tertiary/aromatic N) is 1. The van der Waals surface area contributed by atoms with Gasteiger partial charge in [-0.2, -0.15) is 5.10 Å². The van der Waals surface area contributed by atoms with Crippen molar-refractivity contribution >= 4 is 35.1 Å². The van der Waals surface area contributed by atoms with Crippen molar-refractivity contribution in [1.82, 2.24) is 10.2 Å². The van der Waals surface area contributed by atoms with E-state index in [1.807, 2.05) is 39.8 Å². The highest BCUT2D eigenvalue weighted by molar-refractivity contribution is 6.66. The minimum Gasteiger partial charge on any atom is -0.399 e. The number of nitrogens with one attached hydrogen (secondary N) is 1. The molecule has 1 fully saturated rings. The Balaban J connectivity index is 2.04. The van der Waals surface area contributed by atoms with E-state index < -0.39 is 7.12 Å². The number of H-pyrrole nitrogens is 1. The van der Waals surface area contributed by atoms with Crippen LogP contribution in [0.3, 0.4) is 0 Å². The van der Waals surface area contributed by atoms with E-state index in [1.54, 1.807) is 6.20 Å². The third kappa shape index (κ3) is 1.97. The molecule has 0 unspecified atom stereocenters. The van der Waals surface area contributed by atoms with Gasteiger partial charge in [-0.25, -0.2) is 0 Å². The molecule has 0 aliphatic carbocycles. The quantitative estimate of drug-likeness (QED) is 0.815. The lowest BCUT2D eigenvalue weighted by atomic mass is 9.78. The SMILES string of the molecule is CC1(C)OB(c2cc3[nH]ncc3cc2Cl)OC1(C)C. The molecule has 100 valence electrons. The van der Waals surface area contributed by atoms with E-state index in [2.05, 4.69) is 10.2 Å². The molecule has 3 rings (SSSR count). The molecule has 0 bridgehead atoms. The summed E-state index contributed by atoms with van der Waals surface area (Å²) >= 11 is 6.32. The number of hydrogen-bond acceptors (Lipinski definition) is 3. The number of aromatic amines is 1. The number of hydrogen-bond donors (Lipinski definition) is 1. The fraction of sp³-hybridized carbons (Fsp3) is 0.462. The van der Waals surface area contributed by atoms with Crippen LogP contribution in [0, 0.1) is 0 Å². The molecule has 6 heteroatoms. The summed E-state index contributed by atoms with van der Waals surface area (Å²) in [6, 6.07) is 3.81.